The Bertz CT molecular complexity index is 44.9. The van der Waals surface area contributed by atoms with Gasteiger partial charge in [0.2, 0.25) is 0 Å². The normalized spacial score (nSPS) is 8.31. The van der Waals surface area contributed by atoms with Gasteiger partial charge in [0, 0.05) is 0 Å². The minimum absolute atomic E-state index is 0. The minimum atomic E-state index is 0. The Morgan fingerprint density at radius 1 is 0.769 bits per heavy atom. The molecule has 0 bridgehead atoms. The van der Waals surface area contributed by atoms with E-state index in [1.165, 1.54) is 25.7 Å². The summed E-state index contributed by atoms with van der Waals surface area (Å²) in [5, 5.41) is 7.85. The van der Waals surface area contributed by atoms with Crippen LogP contribution < -0.4 is 0 Å². The maximum Gasteiger partial charge on any atom is 2.00 e. The van der Waals surface area contributed by atoms with E-state index in [1.807, 2.05) is 14.1 Å². The van der Waals surface area contributed by atoms with Crippen LogP contribution in [-0.2, 0) is 21.7 Å². The summed E-state index contributed by atoms with van der Waals surface area (Å²) in [6, 6.07) is 0. The topological polar surface area (TPSA) is 28.2 Å². The molecule has 0 rings (SSSR count). The summed E-state index contributed by atoms with van der Waals surface area (Å²) >= 11 is 0. The zero-order valence-electron chi connectivity index (χ0n) is 9.64. The van der Waals surface area contributed by atoms with Crippen LogP contribution in [0.15, 0.2) is 0 Å². The fourth-order valence-electron chi connectivity index (χ4n) is 0.632. The summed E-state index contributed by atoms with van der Waals surface area (Å²) < 4.78 is 0. The van der Waals surface area contributed by atoms with Crippen LogP contribution in [0.25, 0.3) is 10.6 Å². The van der Waals surface area contributed by atoms with Crippen LogP contribution in [0, 0.1) is 0 Å². The van der Waals surface area contributed by atoms with Gasteiger partial charge in [-0.05, 0) is 0 Å². The second kappa shape index (κ2) is 22.9. The number of hydrogen-bond donors (Lipinski definition) is 0. The number of rotatable bonds is 6. The molecule has 78 valence electrons. The van der Waals surface area contributed by atoms with Crippen LogP contribution in [0.2, 0.25) is 0 Å². The maximum atomic E-state index is 3.93. The van der Waals surface area contributed by atoms with Gasteiger partial charge < -0.3 is 10.6 Å². The molecule has 0 saturated carbocycles. The smallest absolute Gasteiger partial charge is 0.665 e. The first-order chi connectivity index (χ1) is 5.83. The molecule has 0 atom stereocenters. The SMILES string of the molecule is CCCC[N-]C.CCCC[N-]C.[Ti+2]. The van der Waals surface area contributed by atoms with Gasteiger partial charge in [0.05, 0.1) is 0 Å². The van der Waals surface area contributed by atoms with Crippen LogP contribution >= 0.6 is 0 Å². The second-order valence-electron chi connectivity index (χ2n) is 2.79. The van der Waals surface area contributed by atoms with Gasteiger partial charge >= 0.3 is 21.7 Å². The van der Waals surface area contributed by atoms with Crippen molar-refractivity contribution in [1.29, 1.82) is 0 Å². The summed E-state index contributed by atoms with van der Waals surface area (Å²) in [4.78, 5) is 0. The molecule has 0 heterocycles. The number of unbranched alkanes of at least 4 members (excludes halogenated alkanes) is 2. The van der Waals surface area contributed by atoms with Gasteiger partial charge in [-0.3, -0.25) is 0 Å². The molecule has 0 aliphatic carbocycles. The van der Waals surface area contributed by atoms with Crippen molar-refractivity contribution in [3.63, 3.8) is 0 Å². The third-order valence-electron chi connectivity index (χ3n) is 1.47. The zero-order valence-corrected chi connectivity index (χ0v) is 11.2. The molecule has 2 nitrogen and oxygen atoms in total. The standard InChI is InChI=1S/2C5H12N.Ti/c2*1-3-4-5-6-2;/h2*3-5H2,1-2H3;/q2*-1;+2. The molecule has 0 amide bonds. The number of nitrogens with zero attached hydrogens (tertiary/aromatic N) is 2. The number of hydrogen-bond acceptors (Lipinski definition) is 0. The largest absolute Gasteiger partial charge is 2.00 e. The average Bonchev–Trinajstić information content (AvgIpc) is 2.12. The van der Waals surface area contributed by atoms with E-state index >= 15 is 0 Å². The molecule has 0 radical (unpaired) electrons. The first kappa shape index (κ1) is 19.2. The van der Waals surface area contributed by atoms with Crippen LogP contribution in [0.1, 0.15) is 39.5 Å². The monoisotopic (exact) mass is 220 g/mol. The van der Waals surface area contributed by atoms with Crippen LogP contribution in [0.4, 0.5) is 0 Å². The van der Waals surface area contributed by atoms with Gasteiger partial charge in [0.15, 0.2) is 0 Å². The van der Waals surface area contributed by atoms with E-state index in [4.69, 9.17) is 0 Å². The molecule has 0 saturated heterocycles. The Morgan fingerprint density at radius 3 is 1.15 bits per heavy atom. The fourth-order valence-corrected chi connectivity index (χ4v) is 0.632. The van der Waals surface area contributed by atoms with Gasteiger partial charge in [-0.15, -0.1) is 13.1 Å². The Balaban J connectivity index is -0.000000143. The van der Waals surface area contributed by atoms with Gasteiger partial charge in [0.1, 0.15) is 0 Å². The van der Waals surface area contributed by atoms with E-state index in [0.717, 1.165) is 13.1 Å². The van der Waals surface area contributed by atoms with Gasteiger partial charge in [-0.1, -0.05) is 39.5 Å². The summed E-state index contributed by atoms with van der Waals surface area (Å²) in [5.74, 6) is 0. The third kappa shape index (κ3) is 32.5. The van der Waals surface area contributed by atoms with Gasteiger partial charge in [-0.25, -0.2) is 0 Å². The van der Waals surface area contributed by atoms with E-state index in [9.17, 15) is 0 Å². The Hall–Kier alpha value is 0.634. The predicted molar refractivity (Wildman–Crippen MR) is 58.1 cm³/mol. The quantitative estimate of drug-likeness (QED) is 0.483. The molecule has 0 aliphatic rings. The fraction of sp³-hybridized carbons (Fsp3) is 1.00. The predicted octanol–water partition coefficient (Wildman–Crippen LogP) is 3.58. The Kier molecular flexibility index (Phi) is 34.0. The van der Waals surface area contributed by atoms with Crippen molar-refractivity contribution in [3.8, 4) is 0 Å². The average molecular weight is 220 g/mol. The second-order valence-corrected chi connectivity index (χ2v) is 2.79. The van der Waals surface area contributed by atoms with Gasteiger partial charge in [0.25, 0.3) is 0 Å². The molecule has 0 spiro atoms. The first-order valence-electron chi connectivity index (χ1n) is 4.94. The van der Waals surface area contributed by atoms with Crippen molar-refractivity contribution in [2.24, 2.45) is 0 Å². The van der Waals surface area contributed by atoms with E-state index in [0.29, 0.717) is 0 Å². The summed E-state index contributed by atoms with van der Waals surface area (Å²) in [7, 11) is 3.71. The van der Waals surface area contributed by atoms with Crippen molar-refractivity contribution in [1.82, 2.24) is 0 Å². The Morgan fingerprint density at radius 2 is 1.08 bits per heavy atom. The van der Waals surface area contributed by atoms with Crippen LogP contribution in [0.5, 0.6) is 0 Å². The summed E-state index contributed by atoms with van der Waals surface area (Å²) in [6.07, 6.45) is 5.02. The van der Waals surface area contributed by atoms with Crippen molar-refractivity contribution in [2.45, 2.75) is 39.5 Å². The molecule has 0 fully saturated rings. The third-order valence-corrected chi connectivity index (χ3v) is 1.47. The molecule has 0 aliphatic heterocycles. The van der Waals surface area contributed by atoms with E-state index in [2.05, 4.69) is 24.5 Å². The molecular formula is C10H24N2Ti. The van der Waals surface area contributed by atoms with E-state index in [-0.39, 0.29) is 21.7 Å². The molecular weight excluding hydrogens is 196 g/mol. The summed E-state index contributed by atoms with van der Waals surface area (Å²) in [5.41, 5.74) is 0. The van der Waals surface area contributed by atoms with Crippen molar-refractivity contribution in [3.05, 3.63) is 10.6 Å². The van der Waals surface area contributed by atoms with Gasteiger partial charge in [-0.2, -0.15) is 14.1 Å². The molecule has 3 heteroatoms. The van der Waals surface area contributed by atoms with Crippen LogP contribution in [-0.4, -0.2) is 27.2 Å². The van der Waals surface area contributed by atoms with Crippen molar-refractivity contribution < 1.29 is 21.7 Å². The maximum absolute atomic E-state index is 3.93. The van der Waals surface area contributed by atoms with E-state index < -0.39 is 0 Å². The van der Waals surface area contributed by atoms with E-state index in [1.54, 1.807) is 0 Å². The molecule has 13 heavy (non-hydrogen) atoms. The Labute approximate surface area is 99.1 Å². The minimum Gasteiger partial charge on any atom is -0.665 e. The molecule has 0 N–H and O–H groups in total. The van der Waals surface area contributed by atoms with Crippen molar-refractivity contribution in [2.75, 3.05) is 27.2 Å². The zero-order chi connectivity index (χ0) is 9.66. The molecule has 0 aromatic carbocycles. The van der Waals surface area contributed by atoms with Crippen molar-refractivity contribution >= 4 is 0 Å². The molecule has 0 aromatic heterocycles. The molecule has 0 aromatic rings. The molecule has 0 unspecified atom stereocenters. The summed E-state index contributed by atoms with van der Waals surface area (Å²) in [6.45, 7) is 6.42. The first-order valence-corrected chi connectivity index (χ1v) is 4.94. The van der Waals surface area contributed by atoms with Crippen LogP contribution in [0.3, 0.4) is 0 Å².